The van der Waals surface area contributed by atoms with Gasteiger partial charge in [-0.1, -0.05) is 0 Å². The third-order valence-corrected chi connectivity index (χ3v) is 8.70. The Balaban J connectivity index is 2.43. The lowest BCUT2D eigenvalue weighted by Crippen LogP contribution is -2.47. The van der Waals surface area contributed by atoms with E-state index in [1.165, 1.54) is 19.3 Å². The molecule has 1 unspecified atom stereocenters. The Morgan fingerprint density at radius 1 is 1.45 bits per heavy atom. The fraction of sp³-hybridized carbons (Fsp3) is 1.00. The highest BCUT2D eigenvalue weighted by Gasteiger charge is 2.33. The molecule has 0 amide bonds. The zero-order valence-corrected chi connectivity index (χ0v) is 10.7. The summed E-state index contributed by atoms with van der Waals surface area (Å²) in [5, 5.41) is 0. The van der Waals surface area contributed by atoms with Crippen molar-refractivity contribution in [3.63, 3.8) is 0 Å². The standard InChI is InChI=1S/C7H18O2Si2/c1-11(2,9-10)7-5-3-4-6-8-7/h7H,3-6H2,1-2,10H3. The first-order valence-corrected chi connectivity index (χ1v) is 8.14. The third kappa shape index (κ3) is 2.40. The van der Waals surface area contributed by atoms with Gasteiger partial charge in [0, 0.05) is 6.61 Å². The summed E-state index contributed by atoms with van der Waals surface area (Å²) in [6.07, 6.45) is 3.79. The number of ether oxygens (including phenoxy) is 1. The van der Waals surface area contributed by atoms with Gasteiger partial charge < -0.3 is 8.85 Å². The summed E-state index contributed by atoms with van der Waals surface area (Å²) < 4.78 is 11.3. The average Bonchev–Trinajstić information content (AvgIpc) is 2.06. The topological polar surface area (TPSA) is 18.5 Å². The second-order valence-electron chi connectivity index (χ2n) is 3.66. The highest BCUT2D eigenvalue weighted by molar-refractivity contribution is 6.74. The zero-order valence-electron chi connectivity index (χ0n) is 7.72. The molecular weight excluding hydrogens is 172 g/mol. The van der Waals surface area contributed by atoms with Gasteiger partial charge >= 0.3 is 0 Å². The van der Waals surface area contributed by atoms with E-state index in [9.17, 15) is 0 Å². The Kier molecular flexibility index (Phi) is 3.30. The van der Waals surface area contributed by atoms with Gasteiger partial charge in [-0.2, -0.15) is 0 Å². The predicted octanol–water partition coefficient (Wildman–Crippen LogP) is 0.597. The minimum absolute atomic E-state index is 0.466. The largest absolute Gasteiger partial charge is 0.462 e. The van der Waals surface area contributed by atoms with Gasteiger partial charge in [0.15, 0.2) is 0 Å². The molecule has 1 heterocycles. The molecule has 1 rings (SSSR count). The van der Waals surface area contributed by atoms with E-state index >= 15 is 0 Å². The van der Waals surface area contributed by atoms with Crippen LogP contribution in [0.4, 0.5) is 0 Å². The molecule has 0 N–H and O–H groups in total. The maximum Gasteiger partial charge on any atom is 0.202 e. The first-order valence-electron chi connectivity index (χ1n) is 4.33. The zero-order chi connectivity index (χ0) is 8.32. The maximum absolute atomic E-state index is 5.69. The molecule has 1 fully saturated rings. The minimum Gasteiger partial charge on any atom is -0.462 e. The molecule has 1 saturated heterocycles. The second kappa shape index (κ2) is 3.84. The molecule has 0 radical (unpaired) electrons. The van der Waals surface area contributed by atoms with Crippen LogP contribution in [0, 0.1) is 0 Å². The van der Waals surface area contributed by atoms with Crippen molar-refractivity contribution in [1.82, 2.24) is 0 Å². The van der Waals surface area contributed by atoms with E-state index in [0.717, 1.165) is 17.1 Å². The molecule has 0 saturated carbocycles. The summed E-state index contributed by atoms with van der Waals surface area (Å²) in [7, 11) is -0.574. The maximum atomic E-state index is 5.69. The van der Waals surface area contributed by atoms with Crippen molar-refractivity contribution in [1.29, 1.82) is 0 Å². The quantitative estimate of drug-likeness (QED) is 0.594. The lowest BCUT2D eigenvalue weighted by atomic mass is 10.2. The van der Waals surface area contributed by atoms with Crippen molar-refractivity contribution in [3.05, 3.63) is 0 Å². The van der Waals surface area contributed by atoms with E-state index < -0.39 is 8.32 Å². The highest BCUT2D eigenvalue weighted by Crippen LogP contribution is 2.22. The van der Waals surface area contributed by atoms with E-state index in [1.807, 2.05) is 0 Å². The van der Waals surface area contributed by atoms with Crippen molar-refractivity contribution < 1.29 is 8.85 Å². The summed E-state index contributed by atoms with van der Waals surface area (Å²) in [5.41, 5.74) is 0.466. The first-order chi connectivity index (χ1) is 5.17. The van der Waals surface area contributed by atoms with Gasteiger partial charge in [-0.15, -0.1) is 0 Å². The lowest BCUT2D eigenvalue weighted by Gasteiger charge is -2.33. The van der Waals surface area contributed by atoms with Crippen molar-refractivity contribution >= 4 is 18.8 Å². The summed E-state index contributed by atoms with van der Waals surface area (Å²) in [6, 6.07) is 0. The van der Waals surface area contributed by atoms with Gasteiger partial charge in [0.2, 0.25) is 8.32 Å². The van der Waals surface area contributed by atoms with E-state index in [-0.39, 0.29) is 0 Å². The Hall–Kier alpha value is 0.354. The van der Waals surface area contributed by atoms with Crippen molar-refractivity contribution in [3.8, 4) is 0 Å². The molecule has 2 nitrogen and oxygen atoms in total. The van der Waals surface area contributed by atoms with E-state index in [0.29, 0.717) is 5.73 Å². The molecule has 4 heteroatoms. The molecule has 0 aromatic carbocycles. The van der Waals surface area contributed by atoms with Crippen LogP contribution in [-0.2, 0) is 8.85 Å². The Labute approximate surface area is 72.9 Å². The monoisotopic (exact) mass is 190 g/mol. The summed E-state index contributed by atoms with van der Waals surface area (Å²) >= 11 is 0. The summed E-state index contributed by atoms with van der Waals surface area (Å²) in [4.78, 5) is 0. The van der Waals surface area contributed by atoms with Crippen LogP contribution in [0.3, 0.4) is 0 Å². The van der Waals surface area contributed by atoms with Crippen LogP contribution in [0.25, 0.3) is 0 Å². The van der Waals surface area contributed by atoms with Gasteiger partial charge in [-0.05, 0) is 32.4 Å². The van der Waals surface area contributed by atoms with Gasteiger partial charge in [-0.3, -0.25) is 0 Å². The van der Waals surface area contributed by atoms with E-state index in [4.69, 9.17) is 8.85 Å². The van der Waals surface area contributed by atoms with Crippen molar-refractivity contribution in [2.45, 2.75) is 38.1 Å². The molecule has 0 aromatic rings. The summed E-state index contributed by atoms with van der Waals surface area (Å²) in [5.74, 6) is 0. The average molecular weight is 190 g/mol. The highest BCUT2D eigenvalue weighted by atomic mass is 28.4. The molecule has 11 heavy (non-hydrogen) atoms. The predicted molar refractivity (Wildman–Crippen MR) is 52.1 cm³/mol. The van der Waals surface area contributed by atoms with Crippen molar-refractivity contribution in [2.75, 3.05) is 6.61 Å². The van der Waals surface area contributed by atoms with Gasteiger partial charge in [0.05, 0.1) is 5.73 Å². The molecule has 0 spiro atoms. The third-order valence-electron chi connectivity index (χ3n) is 2.48. The van der Waals surface area contributed by atoms with Crippen LogP contribution in [0.2, 0.25) is 13.1 Å². The van der Waals surface area contributed by atoms with E-state index in [2.05, 4.69) is 13.1 Å². The Bertz CT molecular complexity index is 122. The fourth-order valence-electron chi connectivity index (χ4n) is 1.42. The smallest absolute Gasteiger partial charge is 0.202 e. The molecule has 66 valence electrons. The first kappa shape index (κ1) is 9.44. The van der Waals surface area contributed by atoms with Crippen LogP contribution < -0.4 is 0 Å². The van der Waals surface area contributed by atoms with Crippen LogP contribution in [0.15, 0.2) is 0 Å². The van der Waals surface area contributed by atoms with Gasteiger partial charge in [0.25, 0.3) is 0 Å². The van der Waals surface area contributed by atoms with Crippen molar-refractivity contribution in [2.24, 2.45) is 0 Å². The number of rotatable bonds is 2. The van der Waals surface area contributed by atoms with Crippen LogP contribution in [0.1, 0.15) is 19.3 Å². The SMILES string of the molecule is C[Si](C)(O[SiH3])C1CCCCO1. The number of hydrogen-bond donors (Lipinski definition) is 0. The van der Waals surface area contributed by atoms with Gasteiger partial charge in [0.1, 0.15) is 10.5 Å². The molecule has 1 atom stereocenters. The molecular formula is C7H18O2Si2. The Morgan fingerprint density at radius 2 is 2.18 bits per heavy atom. The Morgan fingerprint density at radius 3 is 2.64 bits per heavy atom. The molecule has 0 aliphatic carbocycles. The minimum atomic E-state index is -1.44. The number of hydrogen-bond acceptors (Lipinski definition) is 2. The molecule has 0 aromatic heterocycles. The van der Waals surface area contributed by atoms with Crippen LogP contribution >= 0.6 is 0 Å². The molecule has 1 aliphatic heterocycles. The van der Waals surface area contributed by atoms with Crippen LogP contribution in [-0.4, -0.2) is 31.1 Å². The molecule has 1 aliphatic rings. The second-order valence-corrected chi connectivity index (χ2v) is 9.15. The van der Waals surface area contributed by atoms with E-state index in [1.54, 1.807) is 0 Å². The lowest BCUT2D eigenvalue weighted by molar-refractivity contribution is 0.0529. The van der Waals surface area contributed by atoms with Gasteiger partial charge in [-0.25, -0.2) is 0 Å². The molecule has 0 bridgehead atoms. The normalized spacial score (nSPS) is 27.3. The van der Waals surface area contributed by atoms with Crippen LogP contribution in [0.5, 0.6) is 0 Å². The summed E-state index contributed by atoms with van der Waals surface area (Å²) in [6.45, 7) is 5.47. The fourth-order valence-corrected chi connectivity index (χ4v) is 3.89.